The summed E-state index contributed by atoms with van der Waals surface area (Å²) in [5, 5.41) is 7.26. The second-order valence-electron chi connectivity index (χ2n) is 13.9. The van der Waals surface area contributed by atoms with Crippen LogP contribution in [0.3, 0.4) is 0 Å². The van der Waals surface area contributed by atoms with E-state index in [9.17, 15) is 9.59 Å². The third kappa shape index (κ3) is 9.00. The van der Waals surface area contributed by atoms with Crippen LogP contribution in [0.4, 0.5) is 11.9 Å². The van der Waals surface area contributed by atoms with E-state index in [2.05, 4.69) is 91.0 Å². The number of nitrogens with one attached hydrogen (secondary N) is 2. The maximum atomic E-state index is 13.2. The SMILES string of the molecule is CCOC(=O)C(=Nc1nc(N=C(C(=O)OCC)C2CC(C)(C)NC(C)(C)C2)nc(OC)n1)C1CC(C)(C)NC(C)(C)C1. The molecular weight excluding hydrogens is 538 g/mol. The molecule has 2 saturated heterocycles. The fourth-order valence-corrected chi connectivity index (χ4v) is 6.79. The van der Waals surface area contributed by atoms with Crippen molar-refractivity contribution in [2.24, 2.45) is 21.8 Å². The molecule has 42 heavy (non-hydrogen) atoms. The van der Waals surface area contributed by atoms with Gasteiger partial charge in [-0.2, -0.15) is 15.0 Å². The molecule has 2 fully saturated rings. The number of piperidine rings is 2. The molecule has 1 aromatic heterocycles. The maximum Gasteiger partial charge on any atom is 0.353 e. The first-order valence-corrected chi connectivity index (χ1v) is 14.8. The number of carbonyl (C=O) groups excluding carboxylic acids is 2. The van der Waals surface area contributed by atoms with E-state index in [0.717, 1.165) is 0 Å². The van der Waals surface area contributed by atoms with Gasteiger partial charge in [-0.15, -0.1) is 0 Å². The highest BCUT2D eigenvalue weighted by Gasteiger charge is 2.43. The van der Waals surface area contributed by atoms with Crippen LogP contribution >= 0.6 is 0 Å². The summed E-state index contributed by atoms with van der Waals surface area (Å²) in [6, 6.07) is -0.0362. The van der Waals surface area contributed by atoms with Crippen LogP contribution in [0.5, 0.6) is 6.01 Å². The molecule has 3 rings (SSSR count). The minimum atomic E-state index is -0.521. The summed E-state index contributed by atoms with van der Waals surface area (Å²) in [5.74, 6) is -1.56. The Bertz CT molecular complexity index is 1100. The molecule has 0 spiro atoms. The second kappa shape index (κ2) is 12.7. The number of aromatic nitrogens is 3. The van der Waals surface area contributed by atoms with Crippen LogP contribution in [0, 0.1) is 11.8 Å². The van der Waals surface area contributed by atoms with Crippen LogP contribution in [0.15, 0.2) is 9.98 Å². The third-order valence-electron chi connectivity index (χ3n) is 7.34. The molecule has 0 unspecified atom stereocenters. The van der Waals surface area contributed by atoms with Crippen molar-refractivity contribution >= 4 is 35.3 Å². The Morgan fingerprint density at radius 1 is 0.690 bits per heavy atom. The fourth-order valence-electron chi connectivity index (χ4n) is 6.79. The molecule has 0 radical (unpaired) electrons. The molecule has 0 atom stereocenters. The quantitative estimate of drug-likeness (QED) is 0.317. The summed E-state index contributed by atoms with van der Waals surface area (Å²) in [4.78, 5) is 48.7. The van der Waals surface area contributed by atoms with Crippen molar-refractivity contribution in [3.05, 3.63) is 0 Å². The van der Waals surface area contributed by atoms with Crippen LogP contribution in [-0.4, -0.2) is 80.8 Å². The average Bonchev–Trinajstić information content (AvgIpc) is 2.82. The summed E-state index contributed by atoms with van der Waals surface area (Å²) < 4.78 is 16.2. The highest BCUT2D eigenvalue weighted by atomic mass is 16.5. The van der Waals surface area contributed by atoms with Crippen molar-refractivity contribution in [1.29, 1.82) is 0 Å². The molecule has 0 bridgehead atoms. The number of ether oxygens (including phenoxy) is 3. The number of nitrogens with zero attached hydrogens (tertiary/aromatic N) is 5. The van der Waals surface area contributed by atoms with Gasteiger partial charge in [0.05, 0.1) is 20.3 Å². The number of carbonyl (C=O) groups is 2. The molecular formula is C30H49N7O5. The van der Waals surface area contributed by atoms with Gasteiger partial charge in [0, 0.05) is 34.0 Å². The predicted molar refractivity (Wildman–Crippen MR) is 162 cm³/mol. The van der Waals surface area contributed by atoms with Crippen molar-refractivity contribution in [3.8, 4) is 6.01 Å². The lowest BCUT2D eigenvalue weighted by Gasteiger charge is -2.46. The number of methoxy groups -OCH3 is 1. The van der Waals surface area contributed by atoms with Crippen LogP contribution in [0.2, 0.25) is 0 Å². The van der Waals surface area contributed by atoms with Gasteiger partial charge in [-0.3, -0.25) is 0 Å². The van der Waals surface area contributed by atoms with E-state index in [1.165, 1.54) is 7.11 Å². The van der Waals surface area contributed by atoms with E-state index in [4.69, 9.17) is 14.2 Å². The molecule has 0 amide bonds. The molecule has 12 nitrogen and oxygen atoms in total. The summed E-state index contributed by atoms with van der Waals surface area (Å²) >= 11 is 0. The lowest BCUT2D eigenvalue weighted by Crippen LogP contribution is -2.59. The van der Waals surface area contributed by atoms with E-state index in [0.29, 0.717) is 25.7 Å². The minimum absolute atomic E-state index is 0.0362. The Balaban J connectivity index is 2.13. The minimum Gasteiger partial charge on any atom is -0.467 e. The first kappa shape index (κ1) is 33.5. The van der Waals surface area contributed by atoms with Gasteiger partial charge in [-0.25, -0.2) is 19.6 Å². The Hall–Kier alpha value is -2.99. The summed E-state index contributed by atoms with van der Waals surface area (Å²) in [5.41, 5.74) is -0.494. The number of hydrogen-bond donors (Lipinski definition) is 2. The Kier molecular flexibility index (Phi) is 10.1. The van der Waals surface area contributed by atoms with Gasteiger partial charge < -0.3 is 24.8 Å². The van der Waals surface area contributed by atoms with Crippen molar-refractivity contribution in [1.82, 2.24) is 25.6 Å². The summed E-state index contributed by atoms with van der Waals surface area (Å²) in [6.07, 6.45) is 2.65. The predicted octanol–water partition coefficient (Wildman–Crippen LogP) is 4.27. The molecule has 12 heteroatoms. The highest BCUT2D eigenvalue weighted by Crippen LogP contribution is 2.36. The number of rotatable bonds is 9. The van der Waals surface area contributed by atoms with Gasteiger partial charge in [-0.1, -0.05) is 0 Å². The largest absolute Gasteiger partial charge is 0.467 e. The number of hydrogen-bond acceptors (Lipinski definition) is 12. The molecule has 2 aliphatic heterocycles. The fraction of sp³-hybridized carbons (Fsp3) is 0.767. The van der Waals surface area contributed by atoms with Crippen LogP contribution in [-0.2, 0) is 19.1 Å². The molecule has 2 aliphatic rings. The molecule has 3 heterocycles. The van der Waals surface area contributed by atoms with Gasteiger partial charge >= 0.3 is 17.9 Å². The van der Waals surface area contributed by atoms with Crippen LogP contribution in [0.1, 0.15) is 94.9 Å². The van der Waals surface area contributed by atoms with Crippen molar-refractivity contribution in [2.45, 2.75) is 117 Å². The average molecular weight is 588 g/mol. The molecule has 0 aliphatic carbocycles. The number of aliphatic imine (C=N–C) groups is 2. The zero-order valence-corrected chi connectivity index (χ0v) is 27.2. The van der Waals surface area contributed by atoms with Gasteiger partial charge in [0.25, 0.3) is 11.9 Å². The molecule has 1 aromatic rings. The molecule has 0 aromatic carbocycles. The van der Waals surface area contributed by atoms with Crippen LogP contribution < -0.4 is 15.4 Å². The lowest BCUT2D eigenvalue weighted by molar-refractivity contribution is -0.136. The van der Waals surface area contributed by atoms with E-state index < -0.39 is 11.9 Å². The van der Waals surface area contributed by atoms with Crippen molar-refractivity contribution in [3.63, 3.8) is 0 Å². The van der Waals surface area contributed by atoms with E-state index in [1.54, 1.807) is 13.8 Å². The molecule has 2 N–H and O–H groups in total. The number of esters is 2. The van der Waals surface area contributed by atoms with Crippen molar-refractivity contribution in [2.75, 3.05) is 20.3 Å². The monoisotopic (exact) mass is 587 g/mol. The van der Waals surface area contributed by atoms with Gasteiger partial charge in [-0.05, 0) is 94.9 Å². The van der Waals surface area contributed by atoms with E-state index in [1.807, 2.05) is 0 Å². The van der Waals surface area contributed by atoms with Gasteiger partial charge in [0.1, 0.15) is 11.4 Å². The second-order valence-corrected chi connectivity index (χ2v) is 13.9. The first-order chi connectivity index (χ1) is 19.4. The smallest absolute Gasteiger partial charge is 0.353 e. The Labute approximate surface area is 249 Å². The summed E-state index contributed by atoms with van der Waals surface area (Å²) in [6.45, 7) is 20.7. The third-order valence-corrected chi connectivity index (χ3v) is 7.34. The Morgan fingerprint density at radius 2 is 1.02 bits per heavy atom. The highest BCUT2D eigenvalue weighted by molar-refractivity contribution is 6.38. The summed E-state index contributed by atoms with van der Waals surface area (Å²) in [7, 11) is 1.42. The Morgan fingerprint density at radius 3 is 1.31 bits per heavy atom. The zero-order valence-electron chi connectivity index (χ0n) is 27.2. The van der Waals surface area contributed by atoms with Gasteiger partial charge in [0.15, 0.2) is 0 Å². The zero-order chi connectivity index (χ0) is 31.5. The topological polar surface area (TPSA) is 149 Å². The maximum absolute atomic E-state index is 13.2. The molecule has 0 saturated carbocycles. The van der Waals surface area contributed by atoms with Crippen molar-refractivity contribution < 1.29 is 23.8 Å². The first-order valence-electron chi connectivity index (χ1n) is 14.8. The lowest BCUT2D eigenvalue weighted by atomic mass is 9.74. The van der Waals surface area contributed by atoms with E-state index in [-0.39, 0.29) is 76.5 Å². The van der Waals surface area contributed by atoms with E-state index >= 15 is 0 Å². The van der Waals surface area contributed by atoms with Crippen LogP contribution in [0.25, 0.3) is 0 Å². The van der Waals surface area contributed by atoms with Gasteiger partial charge in [0.2, 0.25) is 0 Å². The normalized spacial score (nSPS) is 22.4. The molecule has 234 valence electrons. The standard InChI is InChI=1S/C30H49N7O5/c1-12-41-22(38)20(18-14-27(3,4)36-28(5,6)15-18)31-24-33-25(35-26(34-24)40-11)32-21(23(39)42-13-2)19-16-29(7,8)37-30(9,10)17-19/h18-19,36-37H,12-17H2,1-11H3.